The highest BCUT2D eigenvalue weighted by atomic mass is 35.5. The van der Waals surface area contributed by atoms with Crippen molar-refractivity contribution in [1.82, 2.24) is 5.32 Å². The summed E-state index contributed by atoms with van der Waals surface area (Å²) in [4.78, 5) is 22.3. The quantitative estimate of drug-likeness (QED) is 0.645. The Balaban J connectivity index is 2.19. The SMILES string of the molecule is COc1cc(C(=O)NCCCCCCCC(=O)O)ccc1Cl. The maximum Gasteiger partial charge on any atom is 0.303 e. The van der Waals surface area contributed by atoms with E-state index in [0.717, 1.165) is 25.7 Å². The Labute approximate surface area is 135 Å². The zero-order valence-electron chi connectivity index (χ0n) is 12.7. The fourth-order valence-corrected chi connectivity index (χ4v) is 2.23. The van der Waals surface area contributed by atoms with Gasteiger partial charge >= 0.3 is 5.97 Å². The number of rotatable bonds is 10. The summed E-state index contributed by atoms with van der Waals surface area (Å²) >= 11 is 5.91. The van der Waals surface area contributed by atoms with E-state index in [-0.39, 0.29) is 12.3 Å². The predicted octanol–water partition coefficient (Wildman–Crippen LogP) is 3.50. The van der Waals surface area contributed by atoms with Crippen molar-refractivity contribution in [3.05, 3.63) is 28.8 Å². The Kier molecular flexibility index (Phi) is 8.36. The van der Waals surface area contributed by atoms with Crippen molar-refractivity contribution in [2.75, 3.05) is 13.7 Å². The number of aliphatic carboxylic acids is 1. The molecule has 1 aromatic rings. The molecule has 0 spiro atoms. The molecule has 0 fully saturated rings. The van der Waals surface area contributed by atoms with Gasteiger partial charge in [0.2, 0.25) is 0 Å². The molecule has 0 radical (unpaired) electrons. The topological polar surface area (TPSA) is 75.6 Å². The highest BCUT2D eigenvalue weighted by Gasteiger charge is 2.08. The van der Waals surface area contributed by atoms with Crippen LogP contribution in [-0.2, 0) is 4.79 Å². The molecule has 22 heavy (non-hydrogen) atoms. The van der Waals surface area contributed by atoms with Gasteiger partial charge in [0, 0.05) is 18.5 Å². The largest absolute Gasteiger partial charge is 0.495 e. The first kappa shape index (κ1) is 18.3. The minimum Gasteiger partial charge on any atom is -0.495 e. The second-order valence-electron chi connectivity index (χ2n) is 5.02. The molecule has 0 aliphatic rings. The normalized spacial score (nSPS) is 10.3. The summed E-state index contributed by atoms with van der Waals surface area (Å²) in [5, 5.41) is 11.8. The molecule has 0 saturated carbocycles. The molecule has 1 rings (SSSR count). The minimum atomic E-state index is -0.745. The molecule has 6 heteroatoms. The molecule has 0 heterocycles. The van der Waals surface area contributed by atoms with Crippen LogP contribution in [0.3, 0.4) is 0 Å². The molecule has 1 amide bonds. The number of carboxylic acid groups (broad SMARTS) is 1. The highest BCUT2D eigenvalue weighted by molar-refractivity contribution is 6.32. The Morgan fingerprint density at radius 2 is 1.86 bits per heavy atom. The fourth-order valence-electron chi connectivity index (χ4n) is 2.04. The third-order valence-electron chi connectivity index (χ3n) is 3.27. The number of carbonyl (C=O) groups excluding carboxylic acids is 1. The smallest absolute Gasteiger partial charge is 0.303 e. The third-order valence-corrected chi connectivity index (χ3v) is 3.58. The second-order valence-corrected chi connectivity index (χ2v) is 5.42. The van der Waals surface area contributed by atoms with Crippen LogP contribution in [0.1, 0.15) is 48.9 Å². The van der Waals surface area contributed by atoms with Crippen LogP contribution in [0.4, 0.5) is 0 Å². The van der Waals surface area contributed by atoms with Gasteiger partial charge in [-0.2, -0.15) is 0 Å². The zero-order chi connectivity index (χ0) is 16.4. The van der Waals surface area contributed by atoms with Gasteiger partial charge in [0.1, 0.15) is 5.75 Å². The van der Waals surface area contributed by atoms with Crippen LogP contribution in [0.25, 0.3) is 0 Å². The van der Waals surface area contributed by atoms with Crippen LogP contribution in [0.15, 0.2) is 18.2 Å². The minimum absolute atomic E-state index is 0.152. The summed E-state index contributed by atoms with van der Waals surface area (Å²) in [6.45, 7) is 0.600. The number of carbonyl (C=O) groups is 2. The molecule has 0 aromatic heterocycles. The number of amides is 1. The summed E-state index contributed by atoms with van der Waals surface area (Å²) in [6.07, 6.45) is 4.70. The average Bonchev–Trinajstić information content (AvgIpc) is 2.49. The Morgan fingerprint density at radius 3 is 2.55 bits per heavy atom. The van der Waals surface area contributed by atoms with Gasteiger partial charge in [-0.3, -0.25) is 9.59 Å². The number of methoxy groups -OCH3 is 1. The third kappa shape index (κ3) is 6.80. The van der Waals surface area contributed by atoms with E-state index in [0.29, 0.717) is 29.3 Å². The van der Waals surface area contributed by atoms with E-state index in [4.69, 9.17) is 21.4 Å². The van der Waals surface area contributed by atoms with E-state index in [1.165, 1.54) is 7.11 Å². The van der Waals surface area contributed by atoms with Gasteiger partial charge in [0.25, 0.3) is 5.91 Å². The standard InChI is InChI=1S/C16H22ClNO4/c1-22-14-11-12(8-9-13(14)17)16(21)18-10-6-4-2-3-5-7-15(19)20/h8-9,11H,2-7,10H2,1H3,(H,18,21)(H,19,20). The van der Waals surface area contributed by atoms with E-state index in [2.05, 4.69) is 5.32 Å². The number of hydrogen-bond donors (Lipinski definition) is 2. The number of carboxylic acids is 1. The van der Waals surface area contributed by atoms with Crippen molar-refractivity contribution < 1.29 is 19.4 Å². The summed E-state index contributed by atoms with van der Waals surface area (Å²) in [6, 6.07) is 4.91. The van der Waals surface area contributed by atoms with Crippen molar-refractivity contribution in [3.63, 3.8) is 0 Å². The van der Waals surface area contributed by atoms with Gasteiger partial charge in [-0.1, -0.05) is 30.9 Å². The lowest BCUT2D eigenvalue weighted by Gasteiger charge is -2.08. The van der Waals surface area contributed by atoms with Gasteiger partial charge < -0.3 is 15.2 Å². The van der Waals surface area contributed by atoms with Crippen molar-refractivity contribution in [2.24, 2.45) is 0 Å². The molecule has 0 aliphatic heterocycles. The Bertz CT molecular complexity index is 505. The monoisotopic (exact) mass is 327 g/mol. The van der Waals surface area contributed by atoms with Crippen molar-refractivity contribution in [3.8, 4) is 5.75 Å². The molecular formula is C16H22ClNO4. The van der Waals surface area contributed by atoms with Crippen LogP contribution < -0.4 is 10.1 Å². The van der Waals surface area contributed by atoms with Crippen LogP contribution in [0, 0.1) is 0 Å². The number of unbranched alkanes of at least 4 members (excludes halogenated alkanes) is 4. The van der Waals surface area contributed by atoms with Crippen molar-refractivity contribution in [2.45, 2.75) is 38.5 Å². The maximum absolute atomic E-state index is 12.0. The molecule has 0 saturated heterocycles. The number of nitrogens with one attached hydrogen (secondary N) is 1. The lowest BCUT2D eigenvalue weighted by molar-refractivity contribution is -0.137. The predicted molar refractivity (Wildman–Crippen MR) is 85.7 cm³/mol. The number of halogens is 1. The second kappa shape index (κ2) is 10.1. The molecule has 0 atom stereocenters. The van der Waals surface area contributed by atoms with E-state index in [1.54, 1.807) is 18.2 Å². The first-order valence-corrected chi connectivity index (χ1v) is 7.76. The van der Waals surface area contributed by atoms with E-state index >= 15 is 0 Å². The molecule has 5 nitrogen and oxygen atoms in total. The molecule has 0 unspecified atom stereocenters. The first-order valence-electron chi connectivity index (χ1n) is 7.38. The van der Waals surface area contributed by atoms with E-state index < -0.39 is 5.97 Å². The zero-order valence-corrected chi connectivity index (χ0v) is 13.5. The summed E-state index contributed by atoms with van der Waals surface area (Å²) in [5.41, 5.74) is 0.516. The Hall–Kier alpha value is -1.75. The van der Waals surface area contributed by atoms with E-state index in [1.807, 2.05) is 0 Å². The Morgan fingerprint density at radius 1 is 1.18 bits per heavy atom. The van der Waals surface area contributed by atoms with Crippen molar-refractivity contribution in [1.29, 1.82) is 0 Å². The van der Waals surface area contributed by atoms with Gasteiger partial charge in [0.05, 0.1) is 12.1 Å². The van der Waals surface area contributed by atoms with Crippen LogP contribution in [0.5, 0.6) is 5.75 Å². The van der Waals surface area contributed by atoms with Crippen molar-refractivity contribution >= 4 is 23.5 Å². The van der Waals surface area contributed by atoms with Gasteiger partial charge in [-0.05, 0) is 31.0 Å². The highest BCUT2D eigenvalue weighted by Crippen LogP contribution is 2.24. The van der Waals surface area contributed by atoms with Gasteiger partial charge in [0.15, 0.2) is 0 Å². The fraction of sp³-hybridized carbons (Fsp3) is 0.500. The maximum atomic E-state index is 12.0. The van der Waals surface area contributed by atoms with Gasteiger partial charge in [-0.25, -0.2) is 0 Å². The summed E-state index contributed by atoms with van der Waals surface area (Å²) in [5.74, 6) is -0.417. The van der Waals surface area contributed by atoms with Crippen LogP contribution >= 0.6 is 11.6 Å². The van der Waals surface area contributed by atoms with Gasteiger partial charge in [-0.15, -0.1) is 0 Å². The van der Waals surface area contributed by atoms with E-state index in [9.17, 15) is 9.59 Å². The molecule has 2 N–H and O–H groups in total. The molecule has 0 bridgehead atoms. The molecule has 122 valence electrons. The number of benzene rings is 1. The summed E-state index contributed by atoms with van der Waals surface area (Å²) < 4.78 is 5.08. The number of hydrogen-bond acceptors (Lipinski definition) is 3. The lowest BCUT2D eigenvalue weighted by Crippen LogP contribution is -2.24. The van der Waals surface area contributed by atoms with Crippen LogP contribution in [-0.4, -0.2) is 30.6 Å². The molecule has 0 aliphatic carbocycles. The average molecular weight is 328 g/mol. The summed E-state index contributed by atoms with van der Waals surface area (Å²) in [7, 11) is 1.51. The lowest BCUT2D eigenvalue weighted by atomic mass is 10.1. The molecule has 1 aromatic carbocycles. The number of ether oxygens (including phenoxy) is 1. The molecular weight excluding hydrogens is 306 g/mol. The van der Waals surface area contributed by atoms with Crippen LogP contribution in [0.2, 0.25) is 5.02 Å². The first-order chi connectivity index (χ1) is 10.5.